The molecular formula is H4N6O4Pt. The monoisotopic (exact) mass is 347 g/mol. The van der Waals surface area contributed by atoms with Crippen LogP contribution in [0.2, 0.25) is 0 Å². The summed E-state index contributed by atoms with van der Waals surface area (Å²) in [6.07, 6.45) is 0. The van der Waals surface area contributed by atoms with Crippen LogP contribution >= 0.6 is 0 Å². The zero-order valence-electron chi connectivity index (χ0n) is 4.79. The van der Waals surface area contributed by atoms with Gasteiger partial charge in [-0.3, -0.25) is 0 Å². The van der Waals surface area contributed by atoms with Gasteiger partial charge in [-0.15, -0.1) is 0 Å². The van der Waals surface area contributed by atoms with Gasteiger partial charge in [0.1, 0.15) is 0 Å². The van der Waals surface area contributed by atoms with Crippen LogP contribution in [0.5, 0.6) is 0 Å². The molecule has 0 aromatic rings. The molecule has 0 unspecified atom stereocenters. The van der Waals surface area contributed by atoms with Crippen LogP contribution < -0.4 is 36.9 Å². The van der Waals surface area contributed by atoms with Gasteiger partial charge in [-0.2, -0.15) is 0 Å². The van der Waals surface area contributed by atoms with Crippen molar-refractivity contribution in [2.75, 3.05) is 0 Å². The van der Waals surface area contributed by atoms with Crippen LogP contribution in [0.4, 0.5) is 0 Å². The third kappa shape index (κ3) is 8500. The van der Waals surface area contributed by atoms with Gasteiger partial charge in [0.05, 0.1) is 0 Å². The molecule has 0 saturated heterocycles. The van der Waals surface area contributed by atoms with Crippen molar-refractivity contribution >= 4 is 0 Å². The van der Waals surface area contributed by atoms with Crippen LogP contribution in [-0.2, 0) is 21.1 Å². The summed E-state index contributed by atoms with van der Waals surface area (Å²) in [6, 6.07) is 0. The summed E-state index contributed by atoms with van der Waals surface area (Å²) in [6.45, 7) is 0. The Kier molecular flexibility index (Phi) is 14000000. The van der Waals surface area contributed by atoms with E-state index in [0.29, 0.717) is 0 Å². The van der Waals surface area contributed by atoms with Gasteiger partial charge in [-0.25, -0.2) is 0 Å². The molecule has 0 bridgehead atoms. The van der Waals surface area contributed by atoms with E-state index in [4.69, 9.17) is 0 Å². The normalized spacial score (nSPS) is 0. The molecule has 0 rings (SSSR count). The molecule has 68 valence electrons. The summed E-state index contributed by atoms with van der Waals surface area (Å²) in [5, 5.41) is 0. The van der Waals surface area contributed by atoms with Gasteiger partial charge in [0.2, 0.25) is 0 Å². The van der Waals surface area contributed by atoms with E-state index in [1.54, 1.807) is 0 Å². The molecule has 0 heterocycles. The van der Waals surface area contributed by atoms with Crippen molar-refractivity contribution in [2.24, 2.45) is 0 Å². The van der Waals surface area contributed by atoms with E-state index in [1.807, 2.05) is 0 Å². The molecule has 0 aliphatic heterocycles. The first-order valence-corrected chi connectivity index (χ1v) is 0. The molecule has 0 aliphatic carbocycles. The average molecular weight is 347 g/mol. The van der Waals surface area contributed by atoms with E-state index in [2.05, 4.69) is 0 Å². The minimum atomic E-state index is 0. The summed E-state index contributed by atoms with van der Waals surface area (Å²) in [5.41, 5.74) is 0. The Labute approximate surface area is 80.5 Å². The molecule has 11 heteroatoms. The maximum absolute atomic E-state index is 0. The molecule has 0 amide bonds. The largest absolute Gasteiger partial charge is 4.00 e. The van der Waals surface area contributed by atoms with Crippen molar-refractivity contribution in [3.05, 3.63) is 0 Å². The van der Waals surface area contributed by atoms with Gasteiger partial charge in [-0.1, -0.05) is 0 Å². The molecule has 10 nitrogen and oxygen atoms in total. The molecule has 0 spiro atoms. The molecule has 0 saturated carbocycles. The van der Waals surface area contributed by atoms with Crippen LogP contribution in [0.1, 0.15) is 0 Å². The van der Waals surface area contributed by atoms with E-state index in [-0.39, 0.29) is 79.9 Å². The van der Waals surface area contributed by atoms with Gasteiger partial charge in [0.25, 0.3) is 0 Å². The van der Waals surface area contributed by atoms with Crippen molar-refractivity contribution in [2.45, 2.75) is 0 Å². The molecule has 0 aromatic heterocycles. The SMILES string of the molecule is [N].[N].[N].[N].[N].[N].[OH-].[OH-].[OH-].[OH-].[Pt+4]. The molecule has 0 fully saturated rings. The quantitative estimate of drug-likeness (QED) is 0.428. The van der Waals surface area contributed by atoms with Gasteiger partial charge < -0.3 is 21.9 Å². The second-order valence-electron chi connectivity index (χ2n) is 0. The van der Waals surface area contributed by atoms with Crippen molar-refractivity contribution in [3.63, 3.8) is 0 Å². The van der Waals surface area contributed by atoms with Gasteiger partial charge in [0, 0.05) is 36.9 Å². The number of hydrogen-bond donors (Lipinski definition) is 0. The minimum absolute atomic E-state index is 0. The third-order valence-corrected chi connectivity index (χ3v) is 0. The molecule has 0 aliphatic rings. The van der Waals surface area contributed by atoms with E-state index < -0.39 is 0 Å². The molecule has 0 atom stereocenters. The topological polar surface area (TPSA) is 303 Å². The first kappa shape index (κ1) is 14400. The van der Waals surface area contributed by atoms with Crippen molar-refractivity contribution < 1.29 is 43.0 Å². The fraction of sp³-hybridized carbons (Fsp3) is 0. The van der Waals surface area contributed by atoms with E-state index in [9.17, 15) is 0 Å². The van der Waals surface area contributed by atoms with Crippen LogP contribution in [0.25, 0.3) is 0 Å². The first-order chi connectivity index (χ1) is 0. The first-order valence-electron chi connectivity index (χ1n) is 0. The van der Waals surface area contributed by atoms with E-state index in [1.165, 1.54) is 0 Å². The zero-order valence-corrected chi connectivity index (χ0v) is 7.06. The van der Waals surface area contributed by atoms with Crippen LogP contribution in [0.15, 0.2) is 0 Å². The number of nitrogens with zero attached hydrogens (tertiary/aromatic N) is 6. The summed E-state index contributed by atoms with van der Waals surface area (Å²) >= 11 is 0. The standard InChI is InChI=1S/6N.4H2O.Pt/h;;;;;;4*1H2;/q;;;;;;;;;;+4/p-4. The van der Waals surface area contributed by atoms with Crippen molar-refractivity contribution in [1.29, 1.82) is 0 Å². The molecule has 11 heavy (non-hydrogen) atoms. The Morgan fingerprint density at radius 2 is 0.273 bits per heavy atom. The maximum Gasteiger partial charge on any atom is 4.00 e. The number of hydrogen-bond acceptors (Lipinski definition) is 4. The van der Waals surface area contributed by atoms with Crippen LogP contribution in [0.3, 0.4) is 0 Å². The van der Waals surface area contributed by atoms with Gasteiger partial charge in [-0.05, 0) is 0 Å². The molecule has 18 radical (unpaired) electrons. The molecule has 4 N–H and O–H groups in total. The van der Waals surface area contributed by atoms with E-state index in [0.717, 1.165) is 0 Å². The second-order valence-corrected chi connectivity index (χ2v) is 0. The Morgan fingerprint density at radius 1 is 0.273 bits per heavy atom. The Bertz CT molecular complexity index is 14.5. The predicted octanol–water partition coefficient (Wildman–Crippen LogP) is -3.59. The summed E-state index contributed by atoms with van der Waals surface area (Å²) in [7, 11) is 0. The zero-order chi connectivity index (χ0) is 0. The fourth-order valence-corrected chi connectivity index (χ4v) is 0. The third-order valence-electron chi connectivity index (χ3n) is 0. The Hall–Kier alpha value is 0.288. The fourth-order valence-electron chi connectivity index (χ4n) is 0. The maximum atomic E-state index is 0. The van der Waals surface area contributed by atoms with Crippen molar-refractivity contribution in [1.82, 2.24) is 36.9 Å². The Morgan fingerprint density at radius 3 is 0.273 bits per heavy atom. The summed E-state index contributed by atoms with van der Waals surface area (Å²) in [5.74, 6) is 0. The van der Waals surface area contributed by atoms with E-state index >= 15 is 0 Å². The van der Waals surface area contributed by atoms with Crippen LogP contribution in [0, 0.1) is 0 Å². The molecule has 0 aromatic carbocycles. The van der Waals surface area contributed by atoms with Crippen LogP contribution in [-0.4, -0.2) is 21.9 Å². The minimum Gasteiger partial charge on any atom is -0.870 e. The summed E-state index contributed by atoms with van der Waals surface area (Å²) < 4.78 is 0. The average Bonchev–Trinajstić information content (AvgIpc) is 0. The summed E-state index contributed by atoms with van der Waals surface area (Å²) in [4.78, 5) is 0. The smallest absolute Gasteiger partial charge is 0.870 e. The Balaban J connectivity index is 0. The predicted molar refractivity (Wildman–Crippen MR) is 20.5 cm³/mol. The van der Waals surface area contributed by atoms with Crippen molar-refractivity contribution in [3.8, 4) is 0 Å². The number of rotatable bonds is 0. The van der Waals surface area contributed by atoms with Gasteiger partial charge >= 0.3 is 21.1 Å². The molecular weight excluding hydrogens is 343 g/mol. The second kappa shape index (κ2) is 10700. The van der Waals surface area contributed by atoms with Gasteiger partial charge in [0.15, 0.2) is 0 Å².